The fraction of sp³-hybridized carbons (Fsp3) is 0.316. The van der Waals surface area contributed by atoms with Gasteiger partial charge < -0.3 is 9.47 Å². The summed E-state index contributed by atoms with van der Waals surface area (Å²) >= 11 is 0. The minimum absolute atomic E-state index is 0.00971. The average molecular weight is 347 g/mol. The van der Waals surface area contributed by atoms with Crippen molar-refractivity contribution in [3.8, 4) is 5.75 Å². The van der Waals surface area contributed by atoms with Gasteiger partial charge in [-0.15, -0.1) is 0 Å². The molecule has 0 bridgehead atoms. The van der Waals surface area contributed by atoms with Crippen LogP contribution in [0.25, 0.3) is 0 Å². The highest BCUT2D eigenvalue weighted by atomic mass is 19.1. The van der Waals surface area contributed by atoms with Crippen LogP contribution >= 0.6 is 0 Å². The lowest BCUT2D eigenvalue weighted by molar-refractivity contribution is 0.140. The number of hydrogen-bond donors (Lipinski definition) is 1. The van der Waals surface area contributed by atoms with Gasteiger partial charge in [0.05, 0.1) is 12.8 Å². The summed E-state index contributed by atoms with van der Waals surface area (Å²) in [5.41, 5.74) is 2.60. The Morgan fingerprint density at radius 2 is 1.96 bits per heavy atom. The maximum Gasteiger partial charge on any atom is 0.438 e. The van der Waals surface area contributed by atoms with Crippen LogP contribution in [0.1, 0.15) is 30.5 Å². The first kappa shape index (κ1) is 18.7. The molecule has 2 rings (SSSR count). The summed E-state index contributed by atoms with van der Waals surface area (Å²) in [6.07, 6.45) is 0.491. The molecule has 25 heavy (non-hydrogen) atoms. The molecule has 0 aliphatic rings. The number of carbonyl (C=O) groups is 1. The van der Waals surface area contributed by atoms with Crippen molar-refractivity contribution in [2.24, 2.45) is 0 Å². The summed E-state index contributed by atoms with van der Waals surface area (Å²) in [6, 6.07) is 9.99. The first-order valence-corrected chi connectivity index (χ1v) is 8.10. The molecule has 0 spiro atoms. The lowest BCUT2D eigenvalue weighted by Gasteiger charge is -2.20. The second-order valence-corrected chi connectivity index (χ2v) is 5.46. The van der Waals surface area contributed by atoms with Gasteiger partial charge in [-0.3, -0.25) is 5.21 Å². The minimum atomic E-state index is -0.909. The second-order valence-electron chi connectivity index (χ2n) is 5.46. The van der Waals surface area contributed by atoms with Crippen LogP contribution in [0.4, 0.5) is 14.9 Å². The van der Waals surface area contributed by atoms with Crippen LogP contribution in [-0.2, 0) is 24.2 Å². The van der Waals surface area contributed by atoms with Gasteiger partial charge in [-0.05, 0) is 42.2 Å². The molecule has 2 aromatic rings. The lowest BCUT2D eigenvalue weighted by Crippen LogP contribution is -2.28. The van der Waals surface area contributed by atoms with Crippen LogP contribution < -0.4 is 9.80 Å². The van der Waals surface area contributed by atoms with Gasteiger partial charge in [-0.2, -0.15) is 5.06 Å². The highest BCUT2D eigenvalue weighted by molar-refractivity contribution is 5.86. The fourth-order valence-corrected chi connectivity index (χ4v) is 2.53. The van der Waals surface area contributed by atoms with E-state index in [-0.39, 0.29) is 18.0 Å². The molecule has 0 radical (unpaired) electrons. The predicted octanol–water partition coefficient (Wildman–Crippen LogP) is 4.49. The highest BCUT2D eigenvalue weighted by Crippen LogP contribution is 2.27. The first-order valence-electron chi connectivity index (χ1n) is 8.10. The number of hydrogen-bond acceptors (Lipinski definition) is 4. The summed E-state index contributed by atoms with van der Waals surface area (Å²) in [5, 5.41) is 10.5. The third-order valence-electron chi connectivity index (χ3n) is 3.98. The molecule has 134 valence electrons. The number of nitrogens with zero attached hydrogens (tertiary/aromatic N) is 1. The Bertz CT molecular complexity index is 748. The van der Waals surface area contributed by atoms with Gasteiger partial charge >= 0.3 is 6.09 Å². The molecule has 1 N–H and O–H groups in total. The van der Waals surface area contributed by atoms with E-state index in [1.54, 1.807) is 24.3 Å². The third kappa shape index (κ3) is 4.28. The van der Waals surface area contributed by atoms with Crippen molar-refractivity contribution in [3.63, 3.8) is 0 Å². The molecule has 1 amide bonds. The summed E-state index contributed by atoms with van der Waals surface area (Å²) in [4.78, 5) is 11.6. The summed E-state index contributed by atoms with van der Waals surface area (Å²) in [7, 11) is 1.18. The SMILES string of the molecule is CCc1ccc(OCc2c(CC)cccc2N(O)C(=O)OC)c(F)c1. The van der Waals surface area contributed by atoms with Gasteiger partial charge in [0.15, 0.2) is 11.6 Å². The largest absolute Gasteiger partial charge is 0.486 e. The van der Waals surface area contributed by atoms with Crippen LogP contribution in [0.15, 0.2) is 36.4 Å². The van der Waals surface area contributed by atoms with E-state index in [4.69, 9.17) is 4.74 Å². The Morgan fingerprint density at radius 1 is 1.20 bits per heavy atom. The van der Waals surface area contributed by atoms with Gasteiger partial charge in [0.25, 0.3) is 0 Å². The molecule has 5 nitrogen and oxygen atoms in total. The van der Waals surface area contributed by atoms with E-state index in [9.17, 15) is 14.4 Å². The van der Waals surface area contributed by atoms with E-state index in [1.165, 1.54) is 13.2 Å². The molecule has 0 saturated carbocycles. The van der Waals surface area contributed by atoms with Crippen molar-refractivity contribution in [1.82, 2.24) is 0 Å². The number of carbonyl (C=O) groups excluding carboxylic acids is 1. The number of benzene rings is 2. The van der Waals surface area contributed by atoms with Crippen molar-refractivity contribution >= 4 is 11.8 Å². The van der Waals surface area contributed by atoms with Crippen molar-refractivity contribution in [3.05, 3.63) is 58.9 Å². The van der Waals surface area contributed by atoms with Crippen molar-refractivity contribution in [2.75, 3.05) is 12.2 Å². The first-order chi connectivity index (χ1) is 12.0. The number of rotatable bonds is 6. The summed E-state index contributed by atoms with van der Waals surface area (Å²) < 4.78 is 24.2. The molecule has 0 atom stereocenters. The normalized spacial score (nSPS) is 10.4. The number of anilines is 1. The zero-order valence-electron chi connectivity index (χ0n) is 14.6. The lowest BCUT2D eigenvalue weighted by atomic mass is 10.0. The van der Waals surface area contributed by atoms with E-state index in [0.29, 0.717) is 17.0 Å². The quantitative estimate of drug-likeness (QED) is 0.618. The molecule has 0 unspecified atom stereocenters. The van der Waals surface area contributed by atoms with Crippen LogP contribution in [-0.4, -0.2) is 18.4 Å². The number of hydroxylamine groups is 1. The third-order valence-corrected chi connectivity index (χ3v) is 3.98. The Balaban J connectivity index is 2.30. The average Bonchev–Trinajstić information content (AvgIpc) is 2.65. The monoisotopic (exact) mass is 347 g/mol. The van der Waals surface area contributed by atoms with Gasteiger partial charge in [-0.25, -0.2) is 9.18 Å². The fourth-order valence-electron chi connectivity index (χ4n) is 2.53. The number of aryl methyl sites for hydroxylation is 2. The van der Waals surface area contributed by atoms with Gasteiger partial charge in [0, 0.05) is 5.56 Å². The van der Waals surface area contributed by atoms with Crippen LogP contribution in [0.5, 0.6) is 5.75 Å². The standard InChI is InChI=1S/C19H22FNO4/c1-4-13-9-10-18(16(20)11-13)25-12-15-14(5-2)7-6-8-17(15)21(23)19(22)24-3/h6-11,23H,4-5,12H2,1-3H3. The number of ether oxygens (including phenoxy) is 2. The maximum absolute atomic E-state index is 14.1. The molecule has 0 heterocycles. The Morgan fingerprint density at radius 3 is 2.56 bits per heavy atom. The highest BCUT2D eigenvalue weighted by Gasteiger charge is 2.19. The van der Waals surface area contributed by atoms with Gasteiger partial charge in [-0.1, -0.05) is 32.0 Å². The molecule has 0 fully saturated rings. The van der Waals surface area contributed by atoms with Crippen molar-refractivity contribution < 1.29 is 23.9 Å². The van der Waals surface area contributed by atoms with Gasteiger partial charge in [0.1, 0.15) is 6.61 Å². The number of methoxy groups -OCH3 is 1. The van der Waals surface area contributed by atoms with Crippen LogP contribution in [0.3, 0.4) is 0 Å². The molecule has 0 aliphatic heterocycles. The number of halogens is 1. The van der Waals surface area contributed by atoms with Crippen LogP contribution in [0.2, 0.25) is 0 Å². The van der Waals surface area contributed by atoms with E-state index in [2.05, 4.69) is 4.74 Å². The Kier molecular flexibility index (Phi) is 6.36. The zero-order valence-corrected chi connectivity index (χ0v) is 14.6. The Hall–Kier alpha value is -2.60. The molecular formula is C19H22FNO4. The van der Waals surface area contributed by atoms with Gasteiger partial charge in [0.2, 0.25) is 0 Å². The smallest absolute Gasteiger partial charge is 0.438 e. The van der Waals surface area contributed by atoms with Crippen LogP contribution in [0, 0.1) is 5.82 Å². The van der Waals surface area contributed by atoms with E-state index >= 15 is 0 Å². The summed E-state index contributed by atoms with van der Waals surface area (Å²) in [5.74, 6) is -0.319. The molecule has 0 aromatic heterocycles. The Labute approximate surface area is 146 Å². The molecular weight excluding hydrogens is 325 g/mol. The molecule has 2 aromatic carbocycles. The molecule has 0 saturated heterocycles. The summed E-state index contributed by atoms with van der Waals surface area (Å²) in [6.45, 7) is 3.90. The number of amides is 1. The zero-order chi connectivity index (χ0) is 18.4. The maximum atomic E-state index is 14.1. The van der Waals surface area contributed by atoms with E-state index < -0.39 is 11.9 Å². The van der Waals surface area contributed by atoms with Crippen molar-refractivity contribution in [2.45, 2.75) is 33.3 Å². The second kappa shape index (κ2) is 8.48. The minimum Gasteiger partial charge on any atom is -0.486 e. The van der Waals surface area contributed by atoms with E-state index in [0.717, 1.165) is 17.5 Å². The predicted molar refractivity (Wildman–Crippen MR) is 92.6 cm³/mol. The molecule has 6 heteroatoms. The van der Waals surface area contributed by atoms with Crippen molar-refractivity contribution in [1.29, 1.82) is 0 Å². The topological polar surface area (TPSA) is 59.0 Å². The molecule has 0 aliphatic carbocycles. The van der Waals surface area contributed by atoms with E-state index in [1.807, 2.05) is 19.9 Å².